The van der Waals surface area contributed by atoms with Gasteiger partial charge in [0, 0.05) is 5.41 Å². The van der Waals surface area contributed by atoms with Crippen LogP contribution >= 0.6 is 0 Å². The van der Waals surface area contributed by atoms with E-state index < -0.39 is 0 Å². The van der Waals surface area contributed by atoms with Gasteiger partial charge in [-0.1, -0.05) is 309 Å². The second-order valence-electron chi connectivity index (χ2n) is 21.5. The van der Waals surface area contributed by atoms with E-state index in [0.717, 1.165) is 0 Å². The topological polar surface area (TPSA) is 0 Å². The van der Waals surface area contributed by atoms with Gasteiger partial charge in [0.05, 0.1) is 0 Å². The molecule has 0 nitrogen and oxygen atoms in total. The standard InChI is InChI=1S/C16H16.2C11H10.C11H16.C9H12.C8H10.C7H8/c1-11-8-9-13-12-6-4-5-7-14(12)16(2,3)15(13)10-11;1-9-5-4-7-10-6-2-3-8-11(9)10;1-9-6-7-10-4-2-3-5-11(10)8-9;1-9-5-7-10(8-6-9)11(2,3)4;1-7-4-8(2)6-9(3)5-7;1-7-3-5-8(2)6-4-7;1-7-5-3-2-4-6-7/h4-10H,1-3H3;2*2-8H,1H3;5-8H,1-4H3;4-6H,1-3H3;3-6H,1-2H3;2-6H,1H3. The summed E-state index contributed by atoms with van der Waals surface area (Å²) in [6.45, 7) is 32.5. The van der Waals surface area contributed by atoms with E-state index in [4.69, 9.17) is 0 Å². The molecule has 0 heterocycles. The summed E-state index contributed by atoms with van der Waals surface area (Å²) in [7, 11) is 0. The van der Waals surface area contributed by atoms with Crippen molar-refractivity contribution < 1.29 is 0 Å². The van der Waals surface area contributed by atoms with E-state index in [-0.39, 0.29) is 10.8 Å². The average Bonchev–Trinajstić information content (AvgIpc) is 3.58. The molecule has 0 saturated carbocycles. The summed E-state index contributed by atoms with van der Waals surface area (Å²) in [5.74, 6) is 0. The van der Waals surface area contributed by atoms with Crippen molar-refractivity contribution in [3.63, 3.8) is 0 Å². The highest BCUT2D eigenvalue weighted by Gasteiger charge is 2.34. The van der Waals surface area contributed by atoms with Gasteiger partial charge in [0.25, 0.3) is 0 Å². The fourth-order valence-corrected chi connectivity index (χ4v) is 8.94. The summed E-state index contributed by atoms with van der Waals surface area (Å²) in [5, 5.41) is 5.33. The molecule has 1 aliphatic carbocycles. The van der Waals surface area contributed by atoms with Gasteiger partial charge in [0.1, 0.15) is 0 Å². The van der Waals surface area contributed by atoms with Gasteiger partial charge in [0.15, 0.2) is 0 Å². The molecule has 374 valence electrons. The van der Waals surface area contributed by atoms with Crippen molar-refractivity contribution in [2.75, 3.05) is 0 Å². The summed E-state index contributed by atoms with van der Waals surface area (Å²) >= 11 is 0. The molecule has 0 radical (unpaired) electrons. The quantitative estimate of drug-likeness (QED) is 0.142. The smallest absolute Gasteiger partial charge is 0.0158 e. The predicted molar refractivity (Wildman–Crippen MR) is 324 cm³/mol. The van der Waals surface area contributed by atoms with Crippen molar-refractivity contribution in [3.8, 4) is 11.1 Å². The Morgan fingerprint density at radius 3 is 1.22 bits per heavy atom. The minimum absolute atomic E-state index is 0.151. The van der Waals surface area contributed by atoms with Crippen LogP contribution in [-0.2, 0) is 10.8 Å². The zero-order valence-corrected chi connectivity index (χ0v) is 46.9. The summed E-state index contributed by atoms with van der Waals surface area (Å²) in [6, 6.07) is 79.3. The van der Waals surface area contributed by atoms with Crippen LogP contribution in [0, 0.1) is 69.2 Å². The highest BCUT2D eigenvalue weighted by molar-refractivity contribution is 5.85. The Kier molecular flexibility index (Phi) is 20.9. The van der Waals surface area contributed by atoms with Crippen molar-refractivity contribution in [1.82, 2.24) is 0 Å². The van der Waals surface area contributed by atoms with Gasteiger partial charge in [-0.2, -0.15) is 0 Å². The van der Waals surface area contributed by atoms with Crippen LogP contribution in [0.15, 0.2) is 224 Å². The molecule has 10 aromatic carbocycles. The van der Waals surface area contributed by atoms with Crippen LogP contribution < -0.4 is 0 Å². The van der Waals surface area contributed by atoms with E-state index in [2.05, 4.69) is 310 Å². The molecule has 0 aliphatic heterocycles. The Morgan fingerprint density at radius 1 is 0.274 bits per heavy atom. The minimum atomic E-state index is 0.151. The van der Waals surface area contributed by atoms with E-state index in [1.807, 2.05) is 18.2 Å². The molecule has 1 aliphatic rings. The second-order valence-corrected chi connectivity index (χ2v) is 21.5. The lowest BCUT2D eigenvalue weighted by molar-refractivity contribution is 0.590. The van der Waals surface area contributed by atoms with Crippen LogP contribution in [0.3, 0.4) is 0 Å². The van der Waals surface area contributed by atoms with Crippen LogP contribution in [0.1, 0.15) is 107 Å². The summed E-state index contributed by atoms with van der Waals surface area (Å²) in [5.41, 5.74) is 21.0. The molecular formula is C73H82. The van der Waals surface area contributed by atoms with Crippen molar-refractivity contribution in [2.45, 2.75) is 115 Å². The number of aryl methyl sites for hydroxylation is 10. The second kappa shape index (κ2) is 27.0. The Labute approximate surface area is 441 Å². The van der Waals surface area contributed by atoms with E-state index in [0.29, 0.717) is 0 Å². The average molecular weight is 959 g/mol. The number of fused-ring (bicyclic) bond motifs is 5. The lowest BCUT2D eigenvalue weighted by atomic mass is 9.82. The molecular weight excluding hydrogens is 877 g/mol. The Morgan fingerprint density at radius 2 is 0.685 bits per heavy atom. The summed E-state index contributed by atoms with van der Waals surface area (Å²) < 4.78 is 0. The van der Waals surface area contributed by atoms with Gasteiger partial charge in [-0.15, -0.1) is 0 Å². The van der Waals surface area contributed by atoms with E-state index in [9.17, 15) is 0 Å². The van der Waals surface area contributed by atoms with Crippen molar-refractivity contribution in [2.24, 2.45) is 0 Å². The van der Waals surface area contributed by atoms with E-state index in [1.165, 1.54) is 105 Å². The maximum atomic E-state index is 2.33. The molecule has 0 saturated heterocycles. The SMILES string of the molecule is Cc1cc(C)cc(C)c1.Cc1ccc(C(C)(C)C)cc1.Cc1ccc(C)cc1.Cc1ccc2c(c1)C(C)(C)c1ccccc1-2.Cc1ccc2ccccc2c1.Cc1cccc2ccccc12.Cc1ccccc1. The fourth-order valence-electron chi connectivity index (χ4n) is 8.94. The molecule has 0 N–H and O–H groups in total. The van der Waals surface area contributed by atoms with Gasteiger partial charge in [-0.3, -0.25) is 0 Å². The molecule has 0 fully saturated rings. The number of benzene rings is 10. The first-order chi connectivity index (χ1) is 34.7. The third-order valence-corrected chi connectivity index (χ3v) is 13.1. The van der Waals surface area contributed by atoms with E-state index >= 15 is 0 Å². The van der Waals surface area contributed by atoms with Gasteiger partial charge < -0.3 is 0 Å². The summed E-state index contributed by atoms with van der Waals surface area (Å²) in [4.78, 5) is 0. The maximum Gasteiger partial charge on any atom is 0.0158 e. The number of hydrogen-bond acceptors (Lipinski definition) is 0. The van der Waals surface area contributed by atoms with Crippen molar-refractivity contribution in [3.05, 3.63) is 297 Å². The van der Waals surface area contributed by atoms with Crippen LogP contribution in [0.25, 0.3) is 32.7 Å². The molecule has 11 rings (SSSR count). The Hall–Kier alpha value is -7.28. The zero-order valence-electron chi connectivity index (χ0n) is 46.9. The largest absolute Gasteiger partial charge is 0.0622 e. The lowest BCUT2D eigenvalue weighted by Gasteiger charge is -2.21. The highest BCUT2D eigenvalue weighted by Crippen LogP contribution is 2.48. The third kappa shape index (κ3) is 17.8. The van der Waals surface area contributed by atoms with Gasteiger partial charge >= 0.3 is 0 Å². The van der Waals surface area contributed by atoms with Crippen molar-refractivity contribution >= 4 is 21.5 Å². The monoisotopic (exact) mass is 959 g/mol. The first-order valence-electron chi connectivity index (χ1n) is 26.0. The molecule has 0 aromatic heterocycles. The molecule has 0 heteroatoms. The van der Waals surface area contributed by atoms with Crippen LogP contribution in [0.4, 0.5) is 0 Å². The normalized spacial score (nSPS) is 11.3. The number of rotatable bonds is 0. The molecule has 0 bridgehead atoms. The molecule has 0 spiro atoms. The molecule has 0 amide bonds. The van der Waals surface area contributed by atoms with E-state index in [1.54, 1.807) is 0 Å². The maximum absolute atomic E-state index is 2.33. The fraction of sp³-hybridized carbons (Fsp3) is 0.233. The first kappa shape index (κ1) is 56.6. The molecule has 10 aromatic rings. The van der Waals surface area contributed by atoms with Gasteiger partial charge in [-0.25, -0.2) is 0 Å². The zero-order chi connectivity index (χ0) is 53.1. The third-order valence-electron chi connectivity index (χ3n) is 13.1. The predicted octanol–water partition coefficient (Wildman–Crippen LogP) is 20.8. The van der Waals surface area contributed by atoms with Gasteiger partial charge in [-0.05, 0) is 130 Å². The van der Waals surface area contributed by atoms with Crippen molar-refractivity contribution in [1.29, 1.82) is 0 Å². The van der Waals surface area contributed by atoms with Gasteiger partial charge in [0.2, 0.25) is 0 Å². The minimum Gasteiger partial charge on any atom is -0.0622 e. The van der Waals surface area contributed by atoms with Crippen LogP contribution in [-0.4, -0.2) is 0 Å². The summed E-state index contributed by atoms with van der Waals surface area (Å²) in [6.07, 6.45) is 0. The van der Waals surface area contributed by atoms with Crippen LogP contribution in [0.5, 0.6) is 0 Å². The molecule has 0 unspecified atom stereocenters. The van der Waals surface area contributed by atoms with Crippen LogP contribution in [0.2, 0.25) is 0 Å². The Balaban J connectivity index is 0.000000160. The molecule has 0 atom stereocenters. The number of hydrogen-bond donors (Lipinski definition) is 0. The first-order valence-corrected chi connectivity index (χ1v) is 26.0. The highest BCUT2D eigenvalue weighted by atomic mass is 14.4. The lowest BCUT2D eigenvalue weighted by Crippen LogP contribution is -2.14. The Bertz CT molecular complexity index is 3170. The molecule has 73 heavy (non-hydrogen) atoms.